The molecule has 4 aromatic heterocycles. The fourth-order valence-corrected chi connectivity index (χ4v) is 4.16. The van der Waals surface area contributed by atoms with Gasteiger partial charge in [-0.25, -0.2) is 9.97 Å². The number of benzene rings is 2. The summed E-state index contributed by atoms with van der Waals surface area (Å²) in [5, 5.41) is 1.60. The molecule has 0 radical (unpaired) electrons. The fraction of sp³-hybridized carbons (Fsp3) is 0. The number of hydrogen-bond donors (Lipinski definition) is 0. The molecule has 5 nitrogen and oxygen atoms in total. The van der Waals surface area contributed by atoms with E-state index in [2.05, 4.69) is 9.97 Å². The summed E-state index contributed by atoms with van der Waals surface area (Å²) in [5.74, 6) is -0.0911. The van der Waals surface area contributed by atoms with E-state index in [1.165, 1.54) is 0 Å². The van der Waals surface area contributed by atoms with Crippen LogP contribution in [0.15, 0.2) is 109 Å². The van der Waals surface area contributed by atoms with Crippen molar-refractivity contribution >= 4 is 27.6 Å². The zero-order chi connectivity index (χ0) is 22.9. The average molecular weight is 438 g/mol. The van der Waals surface area contributed by atoms with Crippen LogP contribution in [0, 0.1) is 0 Å². The third kappa shape index (κ3) is 3.49. The van der Waals surface area contributed by atoms with Gasteiger partial charge in [-0.15, -0.1) is 0 Å². The summed E-state index contributed by atoms with van der Waals surface area (Å²) in [6, 6.07) is 30.4. The van der Waals surface area contributed by atoms with Crippen LogP contribution in [0.2, 0.25) is 0 Å². The molecular formula is C29H18N4O. The van der Waals surface area contributed by atoms with Crippen LogP contribution in [0.25, 0.3) is 44.6 Å². The molecule has 0 unspecified atom stereocenters. The first-order valence-electron chi connectivity index (χ1n) is 10.9. The van der Waals surface area contributed by atoms with Gasteiger partial charge in [0.15, 0.2) is 5.78 Å². The van der Waals surface area contributed by atoms with Crippen molar-refractivity contribution in [2.24, 2.45) is 0 Å². The Hall–Kier alpha value is -4.77. The van der Waals surface area contributed by atoms with Crippen LogP contribution in [-0.4, -0.2) is 25.7 Å². The summed E-state index contributed by atoms with van der Waals surface area (Å²) in [6.45, 7) is 0. The molecule has 0 fully saturated rings. The molecule has 0 spiro atoms. The highest BCUT2D eigenvalue weighted by Gasteiger charge is 2.20. The Bertz CT molecular complexity index is 1540. The topological polar surface area (TPSA) is 68.6 Å². The first-order valence-corrected chi connectivity index (χ1v) is 10.9. The zero-order valence-corrected chi connectivity index (χ0v) is 18.1. The SMILES string of the molecule is O=C(c1cc(-c2ccccn2)nc2ccccc12)c1cc(-c2ccccn2)nc2ccccc12. The molecule has 0 N–H and O–H groups in total. The maximum atomic E-state index is 14.1. The minimum Gasteiger partial charge on any atom is -0.289 e. The van der Waals surface area contributed by atoms with Gasteiger partial charge in [-0.2, -0.15) is 0 Å². The molecule has 0 saturated heterocycles. The van der Waals surface area contributed by atoms with E-state index in [-0.39, 0.29) is 5.78 Å². The number of ketones is 1. The molecule has 0 bridgehead atoms. The molecule has 0 aliphatic heterocycles. The maximum absolute atomic E-state index is 14.1. The van der Waals surface area contributed by atoms with E-state index in [1.54, 1.807) is 12.4 Å². The van der Waals surface area contributed by atoms with Gasteiger partial charge >= 0.3 is 0 Å². The van der Waals surface area contributed by atoms with E-state index in [4.69, 9.17) is 9.97 Å². The lowest BCUT2D eigenvalue weighted by Gasteiger charge is -2.12. The lowest BCUT2D eigenvalue weighted by atomic mass is 9.95. The maximum Gasteiger partial charge on any atom is 0.194 e. The summed E-state index contributed by atoms with van der Waals surface area (Å²) in [6.07, 6.45) is 3.45. The predicted octanol–water partition coefficient (Wildman–Crippen LogP) is 6.14. The van der Waals surface area contributed by atoms with Crippen molar-refractivity contribution in [3.05, 3.63) is 121 Å². The molecule has 4 heterocycles. The summed E-state index contributed by atoms with van der Waals surface area (Å²) < 4.78 is 0. The standard InChI is InChI=1S/C29H18N4O/c34-29(21-17-27(25-13-5-7-15-30-25)32-23-11-3-1-9-19(21)23)22-18-28(26-14-6-8-16-31-26)33-24-12-4-2-10-20(22)24/h1-18H. The number of hydrogen-bond acceptors (Lipinski definition) is 5. The Labute approximate surface area is 195 Å². The summed E-state index contributed by atoms with van der Waals surface area (Å²) >= 11 is 0. The predicted molar refractivity (Wildman–Crippen MR) is 133 cm³/mol. The van der Waals surface area contributed by atoms with Gasteiger partial charge in [-0.3, -0.25) is 14.8 Å². The fourth-order valence-electron chi connectivity index (χ4n) is 4.16. The minimum atomic E-state index is -0.0911. The molecule has 0 aliphatic rings. The van der Waals surface area contributed by atoms with Gasteiger partial charge in [0.25, 0.3) is 0 Å². The molecule has 0 saturated carbocycles. The van der Waals surface area contributed by atoms with Crippen LogP contribution in [0.4, 0.5) is 0 Å². The van der Waals surface area contributed by atoms with Crippen molar-refractivity contribution in [1.29, 1.82) is 0 Å². The Morgan fingerprint density at radius 1 is 0.500 bits per heavy atom. The third-order valence-electron chi connectivity index (χ3n) is 5.78. The van der Waals surface area contributed by atoms with E-state index < -0.39 is 0 Å². The number of fused-ring (bicyclic) bond motifs is 2. The van der Waals surface area contributed by atoms with Gasteiger partial charge < -0.3 is 0 Å². The van der Waals surface area contributed by atoms with E-state index in [1.807, 2.05) is 97.1 Å². The Balaban J connectivity index is 1.60. The zero-order valence-electron chi connectivity index (χ0n) is 18.1. The second kappa shape index (κ2) is 8.30. The number of para-hydroxylation sites is 2. The van der Waals surface area contributed by atoms with Gasteiger partial charge in [0, 0.05) is 34.3 Å². The molecule has 0 atom stereocenters. The van der Waals surface area contributed by atoms with Gasteiger partial charge in [0.2, 0.25) is 0 Å². The highest BCUT2D eigenvalue weighted by molar-refractivity contribution is 6.21. The lowest BCUT2D eigenvalue weighted by Crippen LogP contribution is -2.06. The number of pyridine rings is 4. The molecular weight excluding hydrogens is 420 g/mol. The van der Waals surface area contributed by atoms with Crippen LogP contribution in [0.3, 0.4) is 0 Å². The molecule has 2 aromatic carbocycles. The van der Waals surface area contributed by atoms with Crippen molar-refractivity contribution in [2.45, 2.75) is 0 Å². The molecule has 34 heavy (non-hydrogen) atoms. The van der Waals surface area contributed by atoms with Gasteiger partial charge in [0.1, 0.15) is 0 Å². The van der Waals surface area contributed by atoms with Crippen LogP contribution in [0.1, 0.15) is 15.9 Å². The van der Waals surface area contributed by atoms with Gasteiger partial charge in [-0.05, 0) is 48.5 Å². The van der Waals surface area contributed by atoms with E-state index >= 15 is 0 Å². The van der Waals surface area contributed by atoms with Crippen LogP contribution < -0.4 is 0 Å². The number of aromatic nitrogens is 4. The summed E-state index contributed by atoms with van der Waals surface area (Å²) in [4.78, 5) is 32.6. The monoisotopic (exact) mass is 438 g/mol. The van der Waals surface area contributed by atoms with Crippen molar-refractivity contribution in [1.82, 2.24) is 19.9 Å². The highest BCUT2D eigenvalue weighted by Crippen LogP contribution is 2.30. The number of rotatable bonds is 4. The van der Waals surface area contributed by atoms with E-state index in [0.29, 0.717) is 22.5 Å². The number of nitrogens with zero attached hydrogens (tertiary/aromatic N) is 4. The van der Waals surface area contributed by atoms with Crippen LogP contribution in [0.5, 0.6) is 0 Å². The van der Waals surface area contributed by atoms with Gasteiger partial charge in [-0.1, -0.05) is 48.5 Å². The highest BCUT2D eigenvalue weighted by atomic mass is 16.1. The molecule has 6 rings (SSSR count). The molecule has 5 heteroatoms. The van der Waals surface area contributed by atoms with E-state index in [0.717, 1.165) is 33.2 Å². The lowest BCUT2D eigenvalue weighted by molar-refractivity contribution is 0.104. The third-order valence-corrected chi connectivity index (χ3v) is 5.78. The normalized spacial score (nSPS) is 11.1. The van der Waals surface area contributed by atoms with Crippen LogP contribution >= 0.6 is 0 Å². The van der Waals surface area contributed by atoms with E-state index in [9.17, 15) is 4.79 Å². The van der Waals surface area contributed by atoms with Crippen LogP contribution in [-0.2, 0) is 0 Å². The second-order valence-electron chi connectivity index (χ2n) is 7.90. The van der Waals surface area contributed by atoms with Crippen molar-refractivity contribution in [3.63, 3.8) is 0 Å². The van der Waals surface area contributed by atoms with Crippen molar-refractivity contribution in [3.8, 4) is 22.8 Å². The molecule has 160 valence electrons. The largest absolute Gasteiger partial charge is 0.289 e. The van der Waals surface area contributed by atoms with Gasteiger partial charge in [0.05, 0.1) is 33.8 Å². The summed E-state index contributed by atoms with van der Waals surface area (Å²) in [5.41, 5.74) is 5.41. The Morgan fingerprint density at radius 3 is 1.38 bits per heavy atom. The Morgan fingerprint density at radius 2 is 0.941 bits per heavy atom. The smallest absolute Gasteiger partial charge is 0.194 e. The first kappa shape index (κ1) is 19.9. The second-order valence-corrected chi connectivity index (χ2v) is 7.90. The van der Waals surface area contributed by atoms with Crippen molar-refractivity contribution in [2.75, 3.05) is 0 Å². The summed E-state index contributed by atoms with van der Waals surface area (Å²) in [7, 11) is 0. The number of carbonyl (C=O) groups excluding carboxylic acids is 1. The van der Waals surface area contributed by atoms with Crippen molar-refractivity contribution < 1.29 is 4.79 Å². The molecule has 6 aromatic rings. The average Bonchev–Trinajstić information content (AvgIpc) is 2.92. The first-order chi connectivity index (χ1) is 16.8. The number of carbonyl (C=O) groups is 1. The minimum absolute atomic E-state index is 0.0911. The Kier molecular flexibility index (Phi) is 4.85. The molecule has 0 amide bonds. The molecule has 0 aliphatic carbocycles. The quantitative estimate of drug-likeness (QED) is 0.309.